The van der Waals surface area contributed by atoms with Gasteiger partial charge in [-0.3, -0.25) is 14.4 Å². The Hall–Kier alpha value is -3.24. The summed E-state index contributed by atoms with van der Waals surface area (Å²) in [5.41, 5.74) is 1.08. The zero-order valence-corrected chi connectivity index (χ0v) is 16.7. The quantitative estimate of drug-likeness (QED) is 0.619. The van der Waals surface area contributed by atoms with E-state index in [1.54, 1.807) is 37.4 Å². The maximum absolute atomic E-state index is 12.2. The number of para-hydroxylation sites is 1. The SMILES string of the molecule is CC(=O)Nc1ccc(S(=O)(=O)NCC(=O)OCC(=O)N(C)c2ccccc2)cc1. The normalized spacial score (nSPS) is 10.8. The summed E-state index contributed by atoms with van der Waals surface area (Å²) in [6.45, 7) is 0.190. The van der Waals surface area contributed by atoms with Crippen LogP contribution < -0.4 is 14.9 Å². The second kappa shape index (κ2) is 9.80. The average Bonchev–Trinajstić information content (AvgIpc) is 2.70. The van der Waals surface area contributed by atoms with Crippen LogP contribution in [0.2, 0.25) is 0 Å². The van der Waals surface area contributed by atoms with Gasteiger partial charge in [0.25, 0.3) is 5.91 Å². The molecule has 0 heterocycles. The van der Waals surface area contributed by atoms with E-state index in [9.17, 15) is 22.8 Å². The monoisotopic (exact) mass is 419 g/mol. The third kappa shape index (κ3) is 6.70. The highest BCUT2D eigenvalue weighted by atomic mass is 32.2. The molecule has 2 rings (SSSR count). The standard InChI is InChI=1S/C19H21N3O6S/c1-14(23)21-15-8-10-17(11-9-15)29(26,27)20-12-19(25)28-13-18(24)22(2)16-6-4-3-5-7-16/h3-11,20H,12-13H2,1-2H3,(H,21,23). The molecule has 9 nitrogen and oxygen atoms in total. The van der Waals surface area contributed by atoms with Crippen LogP contribution in [0, 0.1) is 0 Å². The lowest BCUT2D eigenvalue weighted by atomic mass is 10.3. The Morgan fingerprint density at radius 1 is 1.00 bits per heavy atom. The molecule has 154 valence electrons. The van der Waals surface area contributed by atoms with Crippen molar-refractivity contribution in [3.8, 4) is 0 Å². The van der Waals surface area contributed by atoms with E-state index in [1.165, 1.54) is 36.1 Å². The van der Waals surface area contributed by atoms with E-state index < -0.39 is 35.1 Å². The largest absolute Gasteiger partial charge is 0.455 e. The Morgan fingerprint density at radius 3 is 2.21 bits per heavy atom. The molecule has 2 aromatic rings. The Kier molecular flexibility index (Phi) is 7.46. The molecule has 0 aliphatic rings. The van der Waals surface area contributed by atoms with Gasteiger partial charge >= 0.3 is 5.97 Å². The average molecular weight is 419 g/mol. The van der Waals surface area contributed by atoms with Crippen molar-refractivity contribution in [1.29, 1.82) is 0 Å². The number of sulfonamides is 1. The van der Waals surface area contributed by atoms with E-state index in [1.807, 2.05) is 0 Å². The molecule has 0 bridgehead atoms. The molecule has 0 aliphatic heterocycles. The number of hydrogen-bond acceptors (Lipinski definition) is 6. The molecule has 0 aromatic heterocycles. The Bertz CT molecular complexity index is 975. The van der Waals surface area contributed by atoms with E-state index in [-0.39, 0.29) is 10.8 Å². The predicted octanol–water partition coefficient (Wildman–Crippen LogP) is 1.13. The second-order valence-electron chi connectivity index (χ2n) is 5.98. The zero-order chi connectivity index (χ0) is 21.4. The molecule has 0 spiro atoms. The fourth-order valence-electron chi connectivity index (χ4n) is 2.24. The number of nitrogens with one attached hydrogen (secondary N) is 2. The van der Waals surface area contributed by atoms with E-state index in [4.69, 9.17) is 4.74 Å². The molecular formula is C19H21N3O6S. The maximum Gasteiger partial charge on any atom is 0.321 e. The number of anilines is 2. The molecule has 10 heteroatoms. The summed E-state index contributed by atoms with van der Waals surface area (Å²) in [4.78, 5) is 36.1. The Morgan fingerprint density at radius 2 is 1.62 bits per heavy atom. The third-order valence-corrected chi connectivity index (χ3v) is 5.18. The summed E-state index contributed by atoms with van der Waals surface area (Å²) >= 11 is 0. The first-order valence-electron chi connectivity index (χ1n) is 8.53. The minimum atomic E-state index is -3.96. The molecule has 0 radical (unpaired) electrons. The van der Waals surface area contributed by atoms with Gasteiger partial charge < -0.3 is 15.0 Å². The lowest BCUT2D eigenvalue weighted by Gasteiger charge is -2.17. The fourth-order valence-corrected chi connectivity index (χ4v) is 3.21. The first kappa shape index (κ1) is 22.1. The molecule has 0 fully saturated rings. The zero-order valence-electron chi connectivity index (χ0n) is 15.9. The highest BCUT2D eigenvalue weighted by molar-refractivity contribution is 7.89. The van der Waals surface area contributed by atoms with Crippen molar-refractivity contribution in [2.75, 3.05) is 30.4 Å². The fraction of sp³-hybridized carbons (Fsp3) is 0.211. The lowest BCUT2D eigenvalue weighted by molar-refractivity contribution is -0.146. The lowest BCUT2D eigenvalue weighted by Crippen LogP contribution is -2.34. The first-order chi connectivity index (χ1) is 13.7. The highest BCUT2D eigenvalue weighted by Gasteiger charge is 2.18. The van der Waals surface area contributed by atoms with E-state index in [0.717, 1.165) is 0 Å². The Balaban J connectivity index is 1.84. The van der Waals surface area contributed by atoms with Crippen molar-refractivity contribution < 1.29 is 27.5 Å². The van der Waals surface area contributed by atoms with Crippen molar-refractivity contribution in [2.24, 2.45) is 0 Å². The van der Waals surface area contributed by atoms with Gasteiger partial charge in [0, 0.05) is 25.3 Å². The van der Waals surface area contributed by atoms with Gasteiger partial charge in [-0.1, -0.05) is 18.2 Å². The number of esters is 1. The van der Waals surface area contributed by atoms with Gasteiger partial charge in [0.2, 0.25) is 15.9 Å². The topological polar surface area (TPSA) is 122 Å². The van der Waals surface area contributed by atoms with Crippen LogP contribution in [-0.2, 0) is 29.1 Å². The van der Waals surface area contributed by atoms with Crippen molar-refractivity contribution in [3.05, 3.63) is 54.6 Å². The molecule has 2 amide bonds. The van der Waals surface area contributed by atoms with Crippen molar-refractivity contribution in [3.63, 3.8) is 0 Å². The summed E-state index contributed by atoms with van der Waals surface area (Å²) in [5.74, 6) is -1.63. The number of likely N-dealkylation sites (N-methyl/N-ethyl adjacent to an activating group) is 1. The first-order valence-corrected chi connectivity index (χ1v) is 10.0. The summed E-state index contributed by atoms with van der Waals surface area (Å²) in [6, 6.07) is 14.2. The molecule has 0 aliphatic carbocycles. The van der Waals surface area contributed by atoms with Gasteiger partial charge in [0.1, 0.15) is 6.54 Å². The Labute approximate surface area is 168 Å². The number of carbonyl (C=O) groups excluding carboxylic acids is 3. The van der Waals surface area contributed by atoms with Gasteiger partial charge in [-0.05, 0) is 36.4 Å². The molecule has 2 N–H and O–H groups in total. The molecule has 29 heavy (non-hydrogen) atoms. The number of benzene rings is 2. The van der Waals surface area contributed by atoms with Gasteiger partial charge in [-0.15, -0.1) is 0 Å². The minimum absolute atomic E-state index is 0.0840. The van der Waals surface area contributed by atoms with Crippen molar-refractivity contribution in [2.45, 2.75) is 11.8 Å². The van der Waals surface area contributed by atoms with Gasteiger partial charge in [0.15, 0.2) is 6.61 Å². The van der Waals surface area contributed by atoms with Crippen LogP contribution in [0.1, 0.15) is 6.92 Å². The summed E-state index contributed by atoms with van der Waals surface area (Å²) in [6.07, 6.45) is 0. The molecule has 0 atom stereocenters. The third-order valence-electron chi connectivity index (χ3n) is 3.77. The predicted molar refractivity (Wildman–Crippen MR) is 107 cm³/mol. The minimum Gasteiger partial charge on any atom is -0.455 e. The van der Waals surface area contributed by atoms with Crippen LogP contribution in [-0.4, -0.2) is 46.4 Å². The maximum atomic E-state index is 12.2. The number of nitrogens with zero attached hydrogens (tertiary/aromatic N) is 1. The van der Waals surface area contributed by atoms with Crippen LogP contribution in [0.5, 0.6) is 0 Å². The molecular weight excluding hydrogens is 398 g/mol. The van der Waals surface area contributed by atoms with Crippen LogP contribution in [0.15, 0.2) is 59.5 Å². The second-order valence-corrected chi connectivity index (χ2v) is 7.75. The molecule has 0 unspecified atom stereocenters. The molecule has 0 saturated carbocycles. The number of ether oxygens (including phenoxy) is 1. The van der Waals surface area contributed by atoms with Crippen LogP contribution in [0.25, 0.3) is 0 Å². The van der Waals surface area contributed by atoms with Crippen LogP contribution in [0.4, 0.5) is 11.4 Å². The summed E-state index contributed by atoms with van der Waals surface area (Å²) in [5, 5.41) is 2.52. The van der Waals surface area contributed by atoms with Crippen LogP contribution >= 0.6 is 0 Å². The number of carbonyl (C=O) groups is 3. The van der Waals surface area contributed by atoms with E-state index in [2.05, 4.69) is 10.0 Å². The van der Waals surface area contributed by atoms with Gasteiger partial charge in [0.05, 0.1) is 4.90 Å². The number of hydrogen-bond donors (Lipinski definition) is 2. The van der Waals surface area contributed by atoms with E-state index in [0.29, 0.717) is 11.4 Å². The van der Waals surface area contributed by atoms with Crippen LogP contribution in [0.3, 0.4) is 0 Å². The van der Waals surface area contributed by atoms with Crippen molar-refractivity contribution >= 4 is 39.2 Å². The van der Waals surface area contributed by atoms with Gasteiger partial charge in [-0.2, -0.15) is 4.72 Å². The smallest absolute Gasteiger partial charge is 0.321 e. The van der Waals surface area contributed by atoms with E-state index >= 15 is 0 Å². The summed E-state index contributed by atoms with van der Waals surface area (Å²) < 4.78 is 31.4. The molecule has 2 aromatic carbocycles. The van der Waals surface area contributed by atoms with Gasteiger partial charge in [-0.25, -0.2) is 8.42 Å². The van der Waals surface area contributed by atoms with Crippen molar-refractivity contribution in [1.82, 2.24) is 4.72 Å². The highest BCUT2D eigenvalue weighted by Crippen LogP contribution is 2.14. The number of amides is 2. The molecule has 0 saturated heterocycles. The number of rotatable bonds is 8. The summed E-state index contributed by atoms with van der Waals surface area (Å²) in [7, 11) is -2.42.